The second kappa shape index (κ2) is 8.69. The molecule has 1 N–H and O–H groups in total. The summed E-state index contributed by atoms with van der Waals surface area (Å²) in [7, 11) is -1.05. The van der Waals surface area contributed by atoms with Crippen LogP contribution < -0.4 is 5.32 Å². The maximum atomic E-state index is 15.2. The van der Waals surface area contributed by atoms with Gasteiger partial charge in [0.25, 0.3) is 0 Å². The van der Waals surface area contributed by atoms with Gasteiger partial charge in [-0.2, -0.15) is 0 Å². The number of carbonyl (C=O) groups excluding carboxylic acids is 1. The average Bonchev–Trinajstić information content (AvgIpc) is 3.38. The second-order valence-electron chi connectivity index (χ2n) is 8.70. The lowest BCUT2D eigenvalue weighted by Crippen LogP contribution is -2.59. The van der Waals surface area contributed by atoms with Crippen molar-refractivity contribution in [2.45, 2.75) is 49.6 Å². The summed E-state index contributed by atoms with van der Waals surface area (Å²) in [6, 6.07) is 12.7. The van der Waals surface area contributed by atoms with Crippen LogP contribution in [-0.4, -0.2) is 52.6 Å². The van der Waals surface area contributed by atoms with Crippen molar-refractivity contribution in [3.63, 3.8) is 0 Å². The predicted octanol–water partition coefficient (Wildman–Crippen LogP) is 4.12. The minimum atomic E-state index is -1.05. The molecule has 1 amide bonds. The molecule has 2 aromatic rings. The predicted molar refractivity (Wildman–Crippen MR) is 118 cm³/mol. The van der Waals surface area contributed by atoms with Gasteiger partial charge in [0.1, 0.15) is 17.9 Å². The van der Waals surface area contributed by atoms with Gasteiger partial charge in [-0.1, -0.05) is 18.2 Å². The zero-order valence-corrected chi connectivity index (χ0v) is 18.5. The molecule has 30 heavy (non-hydrogen) atoms. The molecule has 2 saturated heterocycles. The van der Waals surface area contributed by atoms with E-state index in [2.05, 4.69) is 12.2 Å². The zero-order chi connectivity index (χ0) is 21.3. The fraction of sp³-hybridized carbons (Fsp3) is 0.458. The Morgan fingerprint density at radius 2 is 1.87 bits per heavy atom. The Balaban J connectivity index is 1.62. The van der Waals surface area contributed by atoms with E-state index >= 15 is 4.39 Å². The zero-order valence-electron chi connectivity index (χ0n) is 17.7. The summed E-state index contributed by atoms with van der Waals surface area (Å²) in [6.45, 7) is 4.66. The maximum absolute atomic E-state index is 15.2. The molecular formula is C24H30FN2O2S+. The Hall–Kier alpha value is -1.89. The van der Waals surface area contributed by atoms with Crippen LogP contribution in [0.25, 0.3) is 11.1 Å². The summed E-state index contributed by atoms with van der Waals surface area (Å²) in [5.74, 6) is -0.550. The number of nitrogens with one attached hydrogen (secondary N) is 1. The third-order valence-corrected chi connectivity index (χ3v) is 7.79. The van der Waals surface area contributed by atoms with Gasteiger partial charge in [-0.3, -0.25) is 8.69 Å². The fourth-order valence-corrected chi connectivity index (χ4v) is 5.56. The van der Waals surface area contributed by atoms with Gasteiger partial charge in [0.2, 0.25) is 0 Å². The number of nitrogens with zero attached hydrogens (tertiary/aromatic N) is 1. The van der Waals surface area contributed by atoms with Crippen molar-refractivity contribution in [1.29, 1.82) is 0 Å². The van der Waals surface area contributed by atoms with Crippen molar-refractivity contribution in [2.24, 2.45) is 0 Å². The van der Waals surface area contributed by atoms with Gasteiger partial charge in [-0.25, -0.2) is 9.18 Å². The van der Waals surface area contributed by atoms with Gasteiger partial charge in [0, 0.05) is 34.8 Å². The van der Waals surface area contributed by atoms with E-state index < -0.39 is 16.6 Å². The fourth-order valence-electron chi connectivity index (χ4n) is 5.05. The van der Waals surface area contributed by atoms with Gasteiger partial charge >= 0.3 is 5.91 Å². The monoisotopic (exact) mass is 429 g/mol. The quantitative estimate of drug-likeness (QED) is 0.728. The molecule has 4 rings (SSSR count). The number of halogens is 1. The highest BCUT2D eigenvalue weighted by atomic mass is 32.2. The third kappa shape index (κ3) is 4.01. The molecule has 2 aliphatic heterocycles. The van der Waals surface area contributed by atoms with Gasteiger partial charge in [-0.05, 0) is 61.7 Å². The number of quaternary nitrogens is 1. The van der Waals surface area contributed by atoms with Crippen molar-refractivity contribution in [1.82, 2.24) is 5.32 Å². The van der Waals surface area contributed by atoms with E-state index in [-0.39, 0.29) is 17.5 Å². The Labute approximate surface area is 180 Å². The number of hydrogen-bond donors (Lipinski definition) is 1. The number of benzene rings is 2. The third-order valence-electron chi connectivity index (χ3n) is 6.85. The van der Waals surface area contributed by atoms with Crippen LogP contribution >= 0.6 is 0 Å². The minimum absolute atomic E-state index is 0.0884. The molecular weight excluding hydrogens is 399 g/mol. The Bertz CT molecular complexity index is 956. The SMILES string of the molecule is C[C@@H]1CCC[N+]1(C[C@@H]1CCCN1)C(=O)c1ccc(-c2ccc(S(C)=O)cc2)cc1F. The summed E-state index contributed by atoms with van der Waals surface area (Å²) >= 11 is 0. The van der Waals surface area contributed by atoms with Gasteiger partial charge < -0.3 is 5.32 Å². The highest BCUT2D eigenvalue weighted by Crippen LogP contribution is 2.33. The lowest BCUT2D eigenvalue weighted by Gasteiger charge is -2.38. The molecule has 0 radical (unpaired) electrons. The largest absolute Gasteiger partial charge is 0.349 e. The van der Waals surface area contributed by atoms with E-state index in [9.17, 15) is 9.00 Å². The Morgan fingerprint density at radius 1 is 1.13 bits per heavy atom. The van der Waals surface area contributed by atoms with E-state index in [0.29, 0.717) is 10.5 Å². The van der Waals surface area contributed by atoms with E-state index in [0.717, 1.165) is 61.3 Å². The molecule has 2 aromatic carbocycles. The standard InChI is InChI=1S/C24H30FN2O2S/c1-17-5-4-14-27(17,16-20-6-3-13-26-20)24(28)22-12-9-19(15-23(22)25)18-7-10-21(11-8-18)30(2)29/h7-12,15,17,20,26H,3-6,13-14,16H2,1-2H3/q+1/t17-,20+,27?,30?/m1/s1. The lowest BCUT2D eigenvalue weighted by atomic mass is 10.0. The van der Waals surface area contributed by atoms with Crippen LogP contribution in [0, 0.1) is 5.82 Å². The number of likely N-dealkylation sites (tertiary alicyclic amines) is 1. The lowest BCUT2D eigenvalue weighted by molar-refractivity contribution is -0.860. The van der Waals surface area contributed by atoms with Crippen LogP contribution in [-0.2, 0) is 10.8 Å². The maximum Gasteiger partial charge on any atom is 0.349 e. The van der Waals surface area contributed by atoms with Gasteiger partial charge in [-0.15, -0.1) is 0 Å². The van der Waals surface area contributed by atoms with Crippen molar-refractivity contribution in [2.75, 3.05) is 25.9 Å². The minimum Gasteiger partial charge on any atom is -0.309 e. The van der Waals surface area contributed by atoms with Crippen molar-refractivity contribution in [3.8, 4) is 11.1 Å². The first-order valence-corrected chi connectivity index (χ1v) is 12.3. The molecule has 2 unspecified atom stereocenters. The van der Waals surface area contributed by atoms with Crippen LogP contribution in [0.4, 0.5) is 4.39 Å². The van der Waals surface area contributed by atoms with E-state index in [4.69, 9.17) is 0 Å². The molecule has 0 aromatic heterocycles. The molecule has 4 atom stereocenters. The van der Waals surface area contributed by atoms with Crippen LogP contribution in [0.1, 0.15) is 43.0 Å². The van der Waals surface area contributed by atoms with Gasteiger partial charge in [0.05, 0.1) is 18.6 Å². The topological polar surface area (TPSA) is 46.2 Å². The van der Waals surface area contributed by atoms with Gasteiger partial charge in [0.15, 0.2) is 0 Å². The highest BCUT2D eigenvalue weighted by molar-refractivity contribution is 7.84. The van der Waals surface area contributed by atoms with Crippen LogP contribution in [0.5, 0.6) is 0 Å². The molecule has 2 aliphatic rings. The Morgan fingerprint density at radius 3 is 2.43 bits per heavy atom. The van der Waals surface area contributed by atoms with Crippen molar-refractivity contribution in [3.05, 3.63) is 53.8 Å². The number of hydrogen-bond acceptors (Lipinski definition) is 3. The summed E-state index contributed by atoms with van der Waals surface area (Å²) in [5, 5.41) is 3.51. The molecule has 2 fully saturated rings. The summed E-state index contributed by atoms with van der Waals surface area (Å²) in [4.78, 5) is 14.4. The second-order valence-corrected chi connectivity index (χ2v) is 10.1. The molecule has 160 valence electrons. The summed E-state index contributed by atoms with van der Waals surface area (Å²) < 4.78 is 27.1. The number of carbonyl (C=O) groups is 1. The Kier molecular flexibility index (Phi) is 6.19. The van der Waals surface area contributed by atoms with Crippen molar-refractivity contribution < 1.29 is 17.9 Å². The molecule has 4 nitrogen and oxygen atoms in total. The first-order chi connectivity index (χ1) is 14.4. The number of amides is 1. The highest BCUT2D eigenvalue weighted by Gasteiger charge is 2.48. The normalized spacial score (nSPS) is 27.3. The summed E-state index contributed by atoms with van der Waals surface area (Å²) in [6.07, 6.45) is 5.86. The molecule has 6 heteroatoms. The first-order valence-electron chi connectivity index (χ1n) is 10.8. The molecule has 0 saturated carbocycles. The smallest absolute Gasteiger partial charge is 0.309 e. The molecule has 0 aliphatic carbocycles. The summed E-state index contributed by atoms with van der Waals surface area (Å²) in [5.41, 5.74) is 1.75. The molecule has 0 spiro atoms. The van der Waals surface area contributed by atoms with Crippen LogP contribution in [0.3, 0.4) is 0 Å². The van der Waals surface area contributed by atoms with E-state index in [1.54, 1.807) is 24.5 Å². The van der Waals surface area contributed by atoms with Crippen LogP contribution in [0.15, 0.2) is 47.4 Å². The van der Waals surface area contributed by atoms with E-state index in [1.165, 1.54) is 6.07 Å². The molecule has 0 bridgehead atoms. The van der Waals surface area contributed by atoms with E-state index in [1.807, 2.05) is 18.2 Å². The van der Waals surface area contributed by atoms with Crippen molar-refractivity contribution >= 4 is 16.7 Å². The molecule has 2 heterocycles. The first kappa shape index (κ1) is 21.3. The van der Waals surface area contributed by atoms with Crippen LogP contribution in [0.2, 0.25) is 0 Å². The number of rotatable bonds is 5. The average molecular weight is 430 g/mol.